The van der Waals surface area contributed by atoms with Crippen LogP contribution in [0.1, 0.15) is 32.3 Å². The van der Waals surface area contributed by atoms with Crippen molar-refractivity contribution >= 4 is 23.0 Å². The number of anilines is 3. The van der Waals surface area contributed by atoms with E-state index in [4.69, 9.17) is 10.5 Å². The molecule has 1 aromatic rings. The van der Waals surface area contributed by atoms with Gasteiger partial charge in [-0.05, 0) is 44.4 Å². The van der Waals surface area contributed by atoms with Crippen molar-refractivity contribution in [3.63, 3.8) is 0 Å². The summed E-state index contributed by atoms with van der Waals surface area (Å²) >= 11 is 0. The van der Waals surface area contributed by atoms with Crippen LogP contribution in [0.4, 0.5) is 17.1 Å². The van der Waals surface area contributed by atoms with E-state index >= 15 is 0 Å². The third-order valence-corrected chi connectivity index (χ3v) is 4.48. The highest BCUT2D eigenvalue weighted by Crippen LogP contribution is 2.36. The second-order valence-corrected chi connectivity index (χ2v) is 5.95. The molecule has 1 aromatic carbocycles. The molecule has 0 spiro atoms. The Morgan fingerprint density at radius 3 is 2.95 bits per heavy atom. The van der Waals surface area contributed by atoms with Gasteiger partial charge in [0.05, 0.1) is 23.0 Å². The van der Waals surface area contributed by atoms with Crippen molar-refractivity contribution in [1.82, 2.24) is 0 Å². The highest BCUT2D eigenvalue weighted by atomic mass is 16.5. The van der Waals surface area contributed by atoms with E-state index in [1.54, 1.807) is 0 Å². The second-order valence-electron chi connectivity index (χ2n) is 5.95. The fraction of sp³-hybridized carbons (Fsp3) is 0.533. The Hall–Kier alpha value is -1.75. The van der Waals surface area contributed by atoms with Crippen LogP contribution in [0, 0.1) is 0 Å². The van der Waals surface area contributed by atoms with Crippen LogP contribution in [0.3, 0.4) is 0 Å². The lowest BCUT2D eigenvalue weighted by molar-refractivity contribution is -0.116. The summed E-state index contributed by atoms with van der Waals surface area (Å²) in [6.07, 6.45) is 2.36. The Morgan fingerprint density at radius 1 is 1.45 bits per heavy atom. The summed E-state index contributed by atoms with van der Waals surface area (Å²) in [5.41, 5.74) is 9.58. The van der Waals surface area contributed by atoms with Gasteiger partial charge in [0.2, 0.25) is 5.91 Å². The lowest BCUT2D eigenvalue weighted by atomic mass is 9.93. The van der Waals surface area contributed by atoms with E-state index in [0.717, 1.165) is 42.1 Å². The largest absolute Gasteiger partial charge is 0.397 e. The molecule has 5 nitrogen and oxygen atoms in total. The molecule has 2 unspecified atom stereocenters. The summed E-state index contributed by atoms with van der Waals surface area (Å²) in [5.74, 6) is 0.0667. The normalized spacial score (nSPS) is 28.9. The van der Waals surface area contributed by atoms with Gasteiger partial charge in [0, 0.05) is 18.7 Å². The summed E-state index contributed by atoms with van der Waals surface area (Å²) in [7, 11) is 0. The maximum Gasteiger partial charge on any atom is 0.224 e. The molecular formula is C15H21N3O2. The molecule has 2 aliphatic rings. The van der Waals surface area contributed by atoms with Crippen molar-refractivity contribution in [3.05, 3.63) is 17.7 Å². The van der Waals surface area contributed by atoms with Crippen LogP contribution in [-0.4, -0.2) is 24.2 Å². The van der Waals surface area contributed by atoms with Gasteiger partial charge in [-0.25, -0.2) is 0 Å². The fourth-order valence-electron chi connectivity index (χ4n) is 2.86. The number of hydrogen-bond donors (Lipinski definition) is 3. The van der Waals surface area contributed by atoms with E-state index in [1.165, 1.54) is 0 Å². The van der Waals surface area contributed by atoms with Crippen LogP contribution < -0.4 is 16.4 Å². The van der Waals surface area contributed by atoms with Crippen molar-refractivity contribution in [2.45, 2.75) is 44.8 Å². The maximum atomic E-state index is 11.5. The Kier molecular flexibility index (Phi) is 3.09. The number of nitrogens with two attached hydrogens (primary N) is 1. The molecule has 0 radical (unpaired) electrons. The molecule has 1 amide bonds. The monoisotopic (exact) mass is 275 g/mol. The van der Waals surface area contributed by atoms with Crippen LogP contribution in [0.15, 0.2) is 12.1 Å². The molecule has 4 N–H and O–H groups in total. The quantitative estimate of drug-likeness (QED) is 0.723. The zero-order valence-corrected chi connectivity index (χ0v) is 12.0. The van der Waals surface area contributed by atoms with Crippen molar-refractivity contribution in [2.24, 2.45) is 0 Å². The summed E-state index contributed by atoms with van der Waals surface area (Å²) in [6, 6.07) is 3.90. The zero-order chi connectivity index (χ0) is 14.3. The molecule has 3 rings (SSSR count). The Morgan fingerprint density at radius 2 is 2.25 bits per heavy atom. The van der Waals surface area contributed by atoms with Gasteiger partial charge >= 0.3 is 0 Å². The number of aryl methyl sites for hydroxylation is 1. The SMILES string of the molecule is CC1OCCC1(C)Nc1cc2c(cc1N)CCC(=O)N2. The first kappa shape index (κ1) is 13.2. The zero-order valence-electron chi connectivity index (χ0n) is 12.0. The molecule has 0 saturated carbocycles. The van der Waals surface area contributed by atoms with Gasteiger partial charge in [0.1, 0.15) is 0 Å². The number of ether oxygens (including phenoxy) is 1. The molecular weight excluding hydrogens is 254 g/mol. The van der Waals surface area contributed by atoms with E-state index in [9.17, 15) is 4.79 Å². The van der Waals surface area contributed by atoms with Crippen LogP contribution in [-0.2, 0) is 16.0 Å². The van der Waals surface area contributed by atoms with Gasteiger partial charge in [-0.15, -0.1) is 0 Å². The average Bonchev–Trinajstić information content (AvgIpc) is 2.71. The van der Waals surface area contributed by atoms with Crippen molar-refractivity contribution in [3.8, 4) is 0 Å². The molecule has 108 valence electrons. The molecule has 0 aromatic heterocycles. The molecule has 2 aliphatic heterocycles. The molecule has 20 heavy (non-hydrogen) atoms. The molecule has 1 saturated heterocycles. The number of nitrogen functional groups attached to an aromatic ring is 1. The minimum atomic E-state index is -0.124. The fourth-order valence-corrected chi connectivity index (χ4v) is 2.86. The predicted octanol–water partition coefficient (Wildman–Crippen LogP) is 2.13. The number of nitrogens with one attached hydrogen (secondary N) is 2. The summed E-state index contributed by atoms with van der Waals surface area (Å²) in [4.78, 5) is 11.5. The van der Waals surface area contributed by atoms with E-state index in [1.807, 2.05) is 12.1 Å². The van der Waals surface area contributed by atoms with Gasteiger partial charge < -0.3 is 21.1 Å². The minimum Gasteiger partial charge on any atom is -0.397 e. The third kappa shape index (κ3) is 2.22. The molecule has 0 bridgehead atoms. The first-order chi connectivity index (χ1) is 9.48. The van der Waals surface area contributed by atoms with Crippen LogP contribution in [0.25, 0.3) is 0 Å². The van der Waals surface area contributed by atoms with Crippen molar-refractivity contribution in [1.29, 1.82) is 0 Å². The van der Waals surface area contributed by atoms with Crippen molar-refractivity contribution in [2.75, 3.05) is 23.0 Å². The number of carbonyl (C=O) groups is 1. The minimum absolute atomic E-state index is 0.0667. The number of carbonyl (C=O) groups excluding carboxylic acids is 1. The van der Waals surface area contributed by atoms with E-state index < -0.39 is 0 Å². The average molecular weight is 275 g/mol. The van der Waals surface area contributed by atoms with Gasteiger partial charge in [0.25, 0.3) is 0 Å². The summed E-state index contributed by atoms with van der Waals surface area (Å²) in [5, 5.41) is 6.41. The number of hydrogen-bond acceptors (Lipinski definition) is 4. The second kappa shape index (κ2) is 4.66. The van der Waals surface area contributed by atoms with Crippen LogP contribution in [0.2, 0.25) is 0 Å². The predicted molar refractivity (Wildman–Crippen MR) is 79.9 cm³/mol. The maximum absolute atomic E-state index is 11.5. The van der Waals surface area contributed by atoms with Crippen molar-refractivity contribution < 1.29 is 9.53 Å². The number of fused-ring (bicyclic) bond motifs is 1. The smallest absolute Gasteiger partial charge is 0.224 e. The Bertz CT molecular complexity index is 558. The van der Waals surface area contributed by atoms with Gasteiger partial charge in [-0.2, -0.15) is 0 Å². The highest BCUT2D eigenvalue weighted by Gasteiger charge is 2.37. The third-order valence-electron chi connectivity index (χ3n) is 4.48. The summed E-state index contributed by atoms with van der Waals surface area (Å²) < 4.78 is 5.64. The molecule has 2 atom stereocenters. The number of rotatable bonds is 2. The standard InChI is InChI=1S/C15H21N3O2/c1-9-15(2,5-6-20-9)18-13-8-12-10(7-11(13)16)3-4-14(19)17-12/h7-9,18H,3-6,16H2,1-2H3,(H,17,19). The molecule has 5 heteroatoms. The van der Waals surface area contributed by atoms with Gasteiger partial charge in [0.15, 0.2) is 0 Å². The molecule has 0 aliphatic carbocycles. The molecule has 2 heterocycles. The summed E-state index contributed by atoms with van der Waals surface area (Å²) in [6.45, 7) is 4.96. The van der Waals surface area contributed by atoms with E-state index in [-0.39, 0.29) is 17.6 Å². The topological polar surface area (TPSA) is 76.4 Å². The number of benzene rings is 1. The van der Waals surface area contributed by atoms with E-state index in [0.29, 0.717) is 6.42 Å². The van der Waals surface area contributed by atoms with E-state index in [2.05, 4.69) is 24.5 Å². The first-order valence-corrected chi connectivity index (χ1v) is 7.10. The molecule has 1 fully saturated rings. The first-order valence-electron chi connectivity index (χ1n) is 7.10. The lowest BCUT2D eigenvalue weighted by Crippen LogP contribution is -2.41. The van der Waals surface area contributed by atoms with Crippen LogP contribution in [0.5, 0.6) is 0 Å². The van der Waals surface area contributed by atoms with Gasteiger partial charge in [-0.3, -0.25) is 4.79 Å². The Balaban J connectivity index is 1.90. The lowest BCUT2D eigenvalue weighted by Gasteiger charge is -2.31. The van der Waals surface area contributed by atoms with Crippen LogP contribution >= 0.6 is 0 Å². The Labute approximate surface area is 118 Å². The highest BCUT2D eigenvalue weighted by molar-refractivity contribution is 5.95. The van der Waals surface area contributed by atoms with Gasteiger partial charge in [-0.1, -0.05) is 0 Å². The number of amides is 1.